The Morgan fingerprint density at radius 1 is 1.24 bits per heavy atom. The van der Waals surface area contributed by atoms with E-state index in [2.05, 4.69) is 5.11 Å². The molecule has 92 valence electrons. The summed E-state index contributed by atoms with van der Waals surface area (Å²) in [6, 6.07) is 6.97. The van der Waals surface area contributed by atoms with Gasteiger partial charge in [0.05, 0.1) is 12.3 Å². The van der Waals surface area contributed by atoms with Crippen molar-refractivity contribution in [1.29, 1.82) is 5.53 Å². The van der Waals surface area contributed by atoms with Gasteiger partial charge >= 0.3 is 5.97 Å². The molecule has 17 heavy (non-hydrogen) atoms. The largest absolute Gasteiger partial charge is 0.494 e. The predicted molar refractivity (Wildman–Crippen MR) is 62.8 cm³/mol. The van der Waals surface area contributed by atoms with Crippen molar-refractivity contribution in [2.75, 3.05) is 6.61 Å². The second-order valence-corrected chi connectivity index (χ2v) is 3.66. The second-order valence-electron chi connectivity index (χ2n) is 3.66. The summed E-state index contributed by atoms with van der Waals surface area (Å²) in [4.78, 5) is 10.3. The third-order valence-electron chi connectivity index (χ3n) is 2.27. The van der Waals surface area contributed by atoms with Gasteiger partial charge in [-0.3, -0.25) is 4.79 Å². The molecule has 1 aromatic carbocycles. The summed E-state index contributed by atoms with van der Waals surface area (Å²) in [6.07, 6.45) is 2.61. The fourth-order valence-corrected chi connectivity index (χ4v) is 1.36. The molecule has 0 spiro atoms. The molecule has 0 saturated heterocycles. The third-order valence-corrected chi connectivity index (χ3v) is 2.27. The Balaban J connectivity index is 2.13. The van der Waals surface area contributed by atoms with E-state index in [1.54, 1.807) is 24.3 Å². The Bertz CT molecular complexity index is 363. The monoisotopic (exact) mass is 236 g/mol. The summed E-state index contributed by atoms with van der Waals surface area (Å²) in [5.74, 6) is -0.00344. The highest BCUT2D eigenvalue weighted by atomic mass is 16.5. The minimum atomic E-state index is -0.749. The smallest absolute Gasteiger partial charge is 0.303 e. The van der Waals surface area contributed by atoms with Crippen LogP contribution in [-0.2, 0) is 4.79 Å². The number of unbranched alkanes of at least 4 members (excludes halogenated alkanes) is 2. The lowest BCUT2D eigenvalue weighted by atomic mass is 10.2. The lowest BCUT2D eigenvalue weighted by Gasteiger charge is -2.05. The molecule has 0 heterocycles. The highest BCUT2D eigenvalue weighted by molar-refractivity contribution is 5.66. The molecule has 0 saturated carbocycles. The molecule has 2 N–H and O–H groups in total. The van der Waals surface area contributed by atoms with E-state index in [9.17, 15) is 4.79 Å². The summed E-state index contributed by atoms with van der Waals surface area (Å²) in [5.41, 5.74) is 7.40. The van der Waals surface area contributed by atoms with Crippen LogP contribution in [-0.4, -0.2) is 17.7 Å². The van der Waals surface area contributed by atoms with Crippen LogP contribution in [0, 0.1) is 5.53 Å². The highest BCUT2D eigenvalue weighted by Gasteiger charge is 1.97. The van der Waals surface area contributed by atoms with Gasteiger partial charge in [-0.2, -0.15) is 5.11 Å². The molecule has 0 atom stereocenters. The predicted octanol–water partition coefficient (Wildman–Crippen LogP) is 3.37. The van der Waals surface area contributed by atoms with Gasteiger partial charge in [-0.25, -0.2) is 5.53 Å². The van der Waals surface area contributed by atoms with Crippen molar-refractivity contribution in [3.05, 3.63) is 24.3 Å². The van der Waals surface area contributed by atoms with Crippen LogP contribution in [0.5, 0.6) is 5.75 Å². The zero-order valence-corrected chi connectivity index (χ0v) is 9.56. The number of carbonyl (C=O) groups is 1. The van der Waals surface area contributed by atoms with Gasteiger partial charge in [0.2, 0.25) is 0 Å². The Morgan fingerprint density at radius 2 is 1.94 bits per heavy atom. The number of ether oxygens (including phenoxy) is 1. The van der Waals surface area contributed by atoms with Crippen LogP contribution >= 0.6 is 0 Å². The minimum absolute atomic E-state index is 0.222. The van der Waals surface area contributed by atoms with Crippen LogP contribution < -0.4 is 4.74 Å². The van der Waals surface area contributed by atoms with E-state index in [4.69, 9.17) is 15.4 Å². The summed E-state index contributed by atoms with van der Waals surface area (Å²) < 4.78 is 5.46. The van der Waals surface area contributed by atoms with Gasteiger partial charge < -0.3 is 9.84 Å². The number of nitrogens with zero attached hydrogens (tertiary/aromatic N) is 1. The molecule has 0 unspecified atom stereocenters. The van der Waals surface area contributed by atoms with Gasteiger partial charge in [-0.05, 0) is 43.5 Å². The van der Waals surface area contributed by atoms with Crippen molar-refractivity contribution in [2.24, 2.45) is 5.11 Å². The molecule has 1 rings (SSSR count). The molecular formula is C12H16N2O3. The number of hydrogen-bond donors (Lipinski definition) is 2. The van der Waals surface area contributed by atoms with Crippen molar-refractivity contribution in [1.82, 2.24) is 0 Å². The lowest BCUT2D eigenvalue weighted by Crippen LogP contribution is -1.98. The van der Waals surface area contributed by atoms with Crippen molar-refractivity contribution in [3.8, 4) is 5.75 Å². The molecule has 0 aliphatic carbocycles. The number of carboxylic acid groups (broad SMARTS) is 1. The third kappa shape index (κ3) is 5.65. The van der Waals surface area contributed by atoms with E-state index in [1.807, 2.05) is 0 Å². The lowest BCUT2D eigenvalue weighted by molar-refractivity contribution is -0.137. The fourth-order valence-electron chi connectivity index (χ4n) is 1.36. The van der Waals surface area contributed by atoms with Gasteiger partial charge in [0.25, 0.3) is 0 Å². The van der Waals surface area contributed by atoms with Crippen LogP contribution in [0.1, 0.15) is 25.7 Å². The van der Waals surface area contributed by atoms with Gasteiger partial charge in [-0.15, -0.1) is 0 Å². The number of rotatable bonds is 8. The summed E-state index contributed by atoms with van der Waals surface area (Å²) in [7, 11) is 0. The number of aliphatic carboxylic acids is 1. The number of carboxylic acids is 1. The average Bonchev–Trinajstić information content (AvgIpc) is 2.34. The van der Waals surface area contributed by atoms with Crippen LogP contribution in [0.3, 0.4) is 0 Å². The van der Waals surface area contributed by atoms with Crippen molar-refractivity contribution < 1.29 is 14.6 Å². The molecule has 0 radical (unpaired) electrons. The Labute approximate surface area is 99.9 Å². The minimum Gasteiger partial charge on any atom is -0.494 e. The molecule has 5 nitrogen and oxygen atoms in total. The Morgan fingerprint density at radius 3 is 2.53 bits per heavy atom. The van der Waals surface area contributed by atoms with E-state index in [0.717, 1.165) is 18.6 Å². The quantitative estimate of drug-likeness (QED) is 0.536. The summed E-state index contributed by atoms with van der Waals surface area (Å²) in [5, 5.41) is 11.7. The van der Waals surface area contributed by atoms with E-state index in [0.29, 0.717) is 18.7 Å². The molecule has 5 heteroatoms. The maximum Gasteiger partial charge on any atom is 0.303 e. The van der Waals surface area contributed by atoms with Gasteiger partial charge in [0.15, 0.2) is 0 Å². The van der Waals surface area contributed by atoms with Crippen LogP contribution in [0.2, 0.25) is 0 Å². The Hall–Kier alpha value is -1.91. The van der Waals surface area contributed by atoms with Crippen molar-refractivity contribution in [2.45, 2.75) is 25.7 Å². The standard InChI is InChI=1S/C12H16N2O3/c13-14-10-5-7-11(8-6-10)17-9-3-1-2-4-12(15)16/h5-8,13H,1-4,9H2,(H,15,16). The molecule has 0 bridgehead atoms. The first-order chi connectivity index (χ1) is 8.22. The number of hydrogen-bond acceptors (Lipinski definition) is 4. The topological polar surface area (TPSA) is 82.7 Å². The maximum atomic E-state index is 10.3. The SMILES string of the molecule is N=Nc1ccc(OCCCCCC(=O)O)cc1. The first-order valence-corrected chi connectivity index (χ1v) is 5.54. The average molecular weight is 236 g/mol. The first kappa shape index (κ1) is 13.2. The zero-order valence-electron chi connectivity index (χ0n) is 9.56. The molecule has 1 aromatic rings. The molecule has 0 amide bonds. The Kier molecular flexibility index (Phi) is 5.71. The number of nitrogens with one attached hydrogen (secondary N) is 1. The van der Waals surface area contributed by atoms with Crippen molar-refractivity contribution in [3.63, 3.8) is 0 Å². The van der Waals surface area contributed by atoms with E-state index in [-0.39, 0.29) is 6.42 Å². The van der Waals surface area contributed by atoms with Crippen molar-refractivity contribution >= 4 is 11.7 Å². The van der Waals surface area contributed by atoms with Gasteiger partial charge in [0.1, 0.15) is 5.75 Å². The van der Waals surface area contributed by atoms with Gasteiger partial charge in [-0.1, -0.05) is 0 Å². The van der Waals surface area contributed by atoms with Crippen LogP contribution in [0.25, 0.3) is 0 Å². The normalized spacial score (nSPS) is 9.88. The summed E-state index contributed by atoms with van der Waals surface area (Å²) in [6.45, 7) is 0.580. The molecule has 0 aliphatic rings. The summed E-state index contributed by atoms with van der Waals surface area (Å²) >= 11 is 0. The van der Waals surface area contributed by atoms with E-state index < -0.39 is 5.97 Å². The molecular weight excluding hydrogens is 220 g/mol. The molecule has 0 aromatic heterocycles. The molecule has 0 aliphatic heterocycles. The molecule has 0 fully saturated rings. The van der Waals surface area contributed by atoms with Crippen LogP contribution in [0.4, 0.5) is 5.69 Å². The van der Waals surface area contributed by atoms with E-state index >= 15 is 0 Å². The zero-order chi connectivity index (χ0) is 12.5. The van der Waals surface area contributed by atoms with Gasteiger partial charge in [0, 0.05) is 6.42 Å². The van der Waals surface area contributed by atoms with E-state index in [1.165, 1.54) is 0 Å². The number of benzene rings is 1. The highest BCUT2D eigenvalue weighted by Crippen LogP contribution is 2.17. The second kappa shape index (κ2) is 7.38. The fraction of sp³-hybridized carbons (Fsp3) is 0.417. The van der Waals surface area contributed by atoms with Crippen LogP contribution in [0.15, 0.2) is 29.4 Å². The maximum absolute atomic E-state index is 10.3. The first-order valence-electron chi connectivity index (χ1n) is 5.54.